The number of aromatic nitrogens is 1. The van der Waals surface area contributed by atoms with Gasteiger partial charge in [-0.15, -0.1) is 5.11 Å². The lowest BCUT2D eigenvalue weighted by molar-refractivity contribution is 0.101. The fourth-order valence-electron chi connectivity index (χ4n) is 1.28. The summed E-state index contributed by atoms with van der Waals surface area (Å²) in [6.07, 6.45) is 0. The largest absolute Gasteiger partial charge is 0.379 e. The van der Waals surface area contributed by atoms with E-state index in [9.17, 15) is 4.79 Å². The summed E-state index contributed by atoms with van der Waals surface area (Å²) in [6, 6.07) is 6.66. The van der Waals surface area contributed by atoms with Crippen LogP contribution in [0, 0.1) is 0 Å². The van der Waals surface area contributed by atoms with Crippen LogP contribution < -0.4 is 11.5 Å². The number of Topliss-reactive ketones (excluding diaryl/α,β-unsaturated/α-hetero) is 1. The molecule has 0 fully saturated rings. The standard InChI is InChI=1S/C11H11N5O2/c1-6(17)7-2-4-8(5-3-7)14-15-9-10(12)16-18-11(9)13/h2-5H,13H2,1H3,(H2,12,16). The Labute approximate surface area is 102 Å². The highest BCUT2D eigenvalue weighted by atomic mass is 16.5. The molecule has 0 aliphatic heterocycles. The molecule has 0 spiro atoms. The Kier molecular flexibility index (Phi) is 3.05. The van der Waals surface area contributed by atoms with Crippen molar-refractivity contribution in [3.63, 3.8) is 0 Å². The van der Waals surface area contributed by atoms with E-state index in [2.05, 4.69) is 19.9 Å². The molecule has 18 heavy (non-hydrogen) atoms. The van der Waals surface area contributed by atoms with E-state index in [0.717, 1.165) is 0 Å². The molecule has 0 amide bonds. The van der Waals surface area contributed by atoms with Crippen LogP contribution >= 0.6 is 0 Å². The Morgan fingerprint density at radius 3 is 2.39 bits per heavy atom. The summed E-state index contributed by atoms with van der Waals surface area (Å²) in [5.41, 5.74) is 12.3. The highest BCUT2D eigenvalue weighted by Gasteiger charge is 2.09. The SMILES string of the molecule is CC(=O)c1ccc(N=Nc2c(N)noc2N)cc1. The number of azo groups is 1. The first-order valence-electron chi connectivity index (χ1n) is 5.11. The molecule has 0 aliphatic carbocycles. The predicted molar refractivity (Wildman–Crippen MR) is 66.0 cm³/mol. The molecule has 1 heterocycles. The van der Waals surface area contributed by atoms with E-state index in [-0.39, 0.29) is 23.2 Å². The molecule has 0 aliphatic rings. The first-order chi connectivity index (χ1) is 8.58. The number of ketones is 1. The molecule has 0 bridgehead atoms. The summed E-state index contributed by atoms with van der Waals surface area (Å²) < 4.78 is 4.64. The molecule has 2 aromatic rings. The van der Waals surface area contributed by atoms with Crippen molar-refractivity contribution in [1.29, 1.82) is 0 Å². The molecule has 0 saturated heterocycles. The molecule has 0 atom stereocenters. The summed E-state index contributed by atoms with van der Waals surface area (Å²) in [6.45, 7) is 1.50. The van der Waals surface area contributed by atoms with Gasteiger partial charge in [0.25, 0.3) is 5.88 Å². The van der Waals surface area contributed by atoms with Crippen molar-refractivity contribution in [3.05, 3.63) is 29.8 Å². The van der Waals surface area contributed by atoms with Crippen LogP contribution in [0.5, 0.6) is 0 Å². The highest BCUT2D eigenvalue weighted by Crippen LogP contribution is 2.30. The summed E-state index contributed by atoms with van der Waals surface area (Å²) in [5, 5.41) is 11.2. The van der Waals surface area contributed by atoms with Gasteiger partial charge >= 0.3 is 0 Å². The molecule has 7 nitrogen and oxygen atoms in total. The van der Waals surface area contributed by atoms with Crippen molar-refractivity contribution in [2.75, 3.05) is 11.5 Å². The van der Waals surface area contributed by atoms with E-state index < -0.39 is 0 Å². The van der Waals surface area contributed by atoms with Crippen LogP contribution in [-0.4, -0.2) is 10.9 Å². The number of nitrogens with two attached hydrogens (primary N) is 2. The maximum atomic E-state index is 11.1. The van der Waals surface area contributed by atoms with Crippen molar-refractivity contribution in [2.45, 2.75) is 6.92 Å². The number of nitrogens with zero attached hydrogens (tertiary/aromatic N) is 3. The highest BCUT2D eigenvalue weighted by molar-refractivity contribution is 5.94. The van der Waals surface area contributed by atoms with Gasteiger partial charge < -0.3 is 16.0 Å². The molecule has 4 N–H and O–H groups in total. The lowest BCUT2D eigenvalue weighted by atomic mass is 10.1. The predicted octanol–water partition coefficient (Wildman–Crippen LogP) is 2.46. The van der Waals surface area contributed by atoms with E-state index in [1.807, 2.05) is 0 Å². The number of carbonyl (C=O) groups is 1. The maximum Gasteiger partial charge on any atom is 0.252 e. The summed E-state index contributed by atoms with van der Waals surface area (Å²) >= 11 is 0. The molecular formula is C11H11N5O2. The van der Waals surface area contributed by atoms with Crippen LogP contribution in [0.25, 0.3) is 0 Å². The Hall–Kier alpha value is -2.70. The molecule has 1 aromatic carbocycles. The van der Waals surface area contributed by atoms with Crippen molar-refractivity contribution in [2.24, 2.45) is 10.2 Å². The molecule has 0 radical (unpaired) electrons. The van der Waals surface area contributed by atoms with Crippen LogP contribution in [0.15, 0.2) is 39.0 Å². The Morgan fingerprint density at radius 1 is 1.22 bits per heavy atom. The number of rotatable bonds is 3. The smallest absolute Gasteiger partial charge is 0.252 e. The minimum absolute atomic E-state index is 0.00832. The van der Waals surface area contributed by atoms with Gasteiger partial charge in [0.2, 0.25) is 0 Å². The average molecular weight is 245 g/mol. The number of anilines is 2. The van der Waals surface area contributed by atoms with Gasteiger partial charge in [-0.05, 0) is 31.2 Å². The fraction of sp³-hybridized carbons (Fsp3) is 0.0909. The molecule has 0 saturated carbocycles. The maximum absolute atomic E-state index is 11.1. The van der Waals surface area contributed by atoms with Crippen LogP contribution in [0.2, 0.25) is 0 Å². The monoisotopic (exact) mass is 245 g/mol. The van der Waals surface area contributed by atoms with Crippen LogP contribution in [0.1, 0.15) is 17.3 Å². The number of hydrogen-bond acceptors (Lipinski definition) is 7. The molecule has 92 valence electrons. The molecule has 1 aromatic heterocycles. The van der Waals surface area contributed by atoms with Gasteiger partial charge in [-0.25, -0.2) is 0 Å². The zero-order valence-corrected chi connectivity index (χ0v) is 9.62. The first kappa shape index (κ1) is 11.8. The summed E-state index contributed by atoms with van der Waals surface area (Å²) in [5.74, 6) is 0.0826. The summed E-state index contributed by atoms with van der Waals surface area (Å²) in [4.78, 5) is 11.1. The van der Waals surface area contributed by atoms with E-state index in [4.69, 9.17) is 11.5 Å². The van der Waals surface area contributed by atoms with Crippen LogP contribution in [0.3, 0.4) is 0 Å². The van der Waals surface area contributed by atoms with Gasteiger partial charge in [0.05, 0.1) is 5.69 Å². The lowest BCUT2D eigenvalue weighted by Gasteiger charge is -1.95. The van der Waals surface area contributed by atoms with Gasteiger partial charge in [-0.2, -0.15) is 5.11 Å². The van der Waals surface area contributed by atoms with E-state index in [0.29, 0.717) is 11.3 Å². The Morgan fingerprint density at radius 2 is 1.89 bits per heavy atom. The van der Waals surface area contributed by atoms with Gasteiger partial charge in [0, 0.05) is 5.56 Å². The van der Waals surface area contributed by atoms with Crippen LogP contribution in [-0.2, 0) is 0 Å². The lowest BCUT2D eigenvalue weighted by Crippen LogP contribution is -1.89. The van der Waals surface area contributed by atoms with Crippen molar-refractivity contribution in [1.82, 2.24) is 5.16 Å². The van der Waals surface area contributed by atoms with E-state index >= 15 is 0 Å². The second kappa shape index (κ2) is 4.66. The second-order valence-electron chi connectivity index (χ2n) is 3.58. The quantitative estimate of drug-likeness (QED) is 0.635. The second-order valence-corrected chi connectivity index (χ2v) is 3.58. The minimum atomic E-state index is -0.00832. The third-order valence-corrected chi connectivity index (χ3v) is 2.26. The summed E-state index contributed by atoms with van der Waals surface area (Å²) in [7, 11) is 0. The van der Waals surface area contributed by atoms with Crippen molar-refractivity contribution >= 4 is 28.9 Å². The Balaban J connectivity index is 2.21. The third kappa shape index (κ3) is 2.34. The van der Waals surface area contributed by atoms with Gasteiger partial charge in [0.1, 0.15) is 0 Å². The van der Waals surface area contributed by atoms with Crippen LogP contribution in [0.4, 0.5) is 23.1 Å². The number of nitrogen functional groups attached to an aromatic ring is 2. The van der Waals surface area contributed by atoms with Gasteiger partial charge in [-0.3, -0.25) is 4.79 Å². The first-order valence-corrected chi connectivity index (χ1v) is 5.11. The number of carbonyl (C=O) groups excluding carboxylic acids is 1. The average Bonchev–Trinajstić information content (AvgIpc) is 2.67. The number of benzene rings is 1. The molecular weight excluding hydrogens is 234 g/mol. The normalized spacial score (nSPS) is 10.9. The molecule has 7 heteroatoms. The third-order valence-electron chi connectivity index (χ3n) is 2.26. The van der Waals surface area contributed by atoms with Gasteiger partial charge in [0.15, 0.2) is 17.3 Å². The van der Waals surface area contributed by atoms with E-state index in [1.54, 1.807) is 24.3 Å². The Bertz CT molecular complexity index is 581. The zero-order chi connectivity index (χ0) is 13.1. The molecule has 2 rings (SSSR count). The van der Waals surface area contributed by atoms with E-state index in [1.165, 1.54) is 6.92 Å². The fourth-order valence-corrected chi connectivity index (χ4v) is 1.28. The topological polar surface area (TPSA) is 120 Å². The molecule has 0 unspecified atom stereocenters. The van der Waals surface area contributed by atoms with Gasteiger partial charge in [-0.1, -0.05) is 5.16 Å². The van der Waals surface area contributed by atoms with Crippen molar-refractivity contribution in [3.8, 4) is 0 Å². The zero-order valence-electron chi connectivity index (χ0n) is 9.62. The number of hydrogen-bond donors (Lipinski definition) is 2. The minimum Gasteiger partial charge on any atom is -0.379 e. The van der Waals surface area contributed by atoms with Crippen molar-refractivity contribution < 1.29 is 9.32 Å².